The Bertz CT molecular complexity index is 667. The molecule has 2 atom stereocenters. The zero-order valence-electron chi connectivity index (χ0n) is 15.2. The Morgan fingerprint density at radius 2 is 2.17 bits per heavy atom. The number of sulfone groups is 1. The van der Waals surface area contributed by atoms with Crippen molar-refractivity contribution in [2.24, 2.45) is 10.9 Å². The van der Waals surface area contributed by atoms with Gasteiger partial charge in [-0.1, -0.05) is 6.92 Å². The maximum absolute atomic E-state index is 11.9. The van der Waals surface area contributed by atoms with Gasteiger partial charge in [0.05, 0.1) is 17.1 Å². The molecule has 0 saturated carbocycles. The van der Waals surface area contributed by atoms with Crippen LogP contribution in [-0.4, -0.2) is 66.5 Å². The molecule has 136 valence electrons. The molecule has 8 heteroatoms. The van der Waals surface area contributed by atoms with E-state index in [2.05, 4.69) is 31.7 Å². The van der Waals surface area contributed by atoms with Gasteiger partial charge in [0.25, 0.3) is 0 Å². The number of nitrogens with zero attached hydrogens (tertiary/aromatic N) is 4. The molecule has 7 nitrogen and oxygen atoms in total. The minimum Gasteiger partial charge on any atom is -0.355 e. The fraction of sp³-hybridized carbons (Fsp3) is 0.750. The van der Waals surface area contributed by atoms with Crippen molar-refractivity contribution < 1.29 is 8.42 Å². The molecule has 0 aromatic carbocycles. The van der Waals surface area contributed by atoms with E-state index < -0.39 is 14.6 Å². The second-order valence-electron chi connectivity index (χ2n) is 7.22. The first-order chi connectivity index (χ1) is 11.2. The molecule has 2 rings (SSSR count). The van der Waals surface area contributed by atoms with Gasteiger partial charge in [0.15, 0.2) is 15.8 Å². The highest BCUT2D eigenvalue weighted by molar-refractivity contribution is 7.92. The molecule has 0 spiro atoms. The minimum atomic E-state index is -3.14. The van der Waals surface area contributed by atoms with Crippen molar-refractivity contribution in [3.05, 3.63) is 18.7 Å². The number of aromatic nitrogens is 2. The number of guanidine groups is 1. The van der Waals surface area contributed by atoms with Crippen molar-refractivity contribution in [2.45, 2.75) is 38.0 Å². The van der Waals surface area contributed by atoms with Gasteiger partial charge in [0.2, 0.25) is 0 Å². The summed E-state index contributed by atoms with van der Waals surface area (Å²) in [6, 6.07) is 0.336. The third-order valence-corrected chi connectivity index (χ3v) is 7.17. The van der Waals surface area contributed by atoms with E-state index in [1.54, 1.807) is 27.1 Å². The summed E-state index contributed by atoms with van der Waals surface area (Å²) in [5.41, 5.74) is 0. The molecule has 1 aromatic heterocycles. The molecular formula is C16H29N5O2S. The summed E-state index contributed by atoms with van der Waals surface area (Å²) in [6.07, 6.45) is 7.97. The molecule has 0 amide bonds. The van der Waals surface area contributed by atoms with Gasteiger partial charge in [-0.05, 0) is 26.2 Å². The Labute approximate surface area is 145 Å². The normalized spacial score (nSPS) is 23.4. The first kappa shape index (κ1) is 18.8. The van der Waals surface area contributed by atoms with E-state index in [0.29, 0.717) is 18.5 Å². The zero-order valence-corrected chi connectivity index (χ0v) is 16.0. The largest absolute Gasteiger partial charge is 0.355 e. The average Bonchev–Trinajstić information content (AvgIpc) is 3.02. The van der Waals surface area contributed by atoms with Crippen molar-refractivity contribution in [2.75, 3.05) is 32.9 Å². The topological polar surface area (TPSA) is 79.6 Å². The van der Waals surface area contributed by atoms with E-state index in [0.717, 1.165) is 25.5 Å². The van der Waals surface area contributed by atoms with E-state index in [1.165, 1.54) is 6.26 Å². The van der Waals surface area contributed by atoms with Crippen molar-refractivity contribution in [1.82, 2.24) is 19.8 Å². The van der Waals surface area contributed by atoms with Crippen molar-refractivity contribution in [1.29, 1.82) is 0 Å². The first-order valence-corrected chi connectivity index (χ1v) is 10.2. The lowest BCUT2D eigenvalue weighted by Gasteiger charge is -2.39. The van der Waals surface area contributed by atoms with Crippen LogP contribution in [0.4, 0.5) is 0 Å². The number of piperidine rings is 1. The second kappa shape index (κ2) is 7.13. The fourth-order valence-electron chi connectivity index (χ4n) is 2.85. The second-order valence-corrected chi connectivity index (χ2v) is 9.87. The van der Waals surface area contributed by atoms with Crippen LogP contribution in [0.15, 0.2) is 23.7 Å². The van der Waals surface area contributed by atoms with E-state index in [1.807, 2.05) is 12.5 Å². The Hall–Kier alpha value is -1.57. The summed E-state index contributed by atoms with van der Waals surface area (Å²) in [5.74, 6) is 1.31. The van der Waals surface area contributed by atoms with Crippen molar-refractivity contribution in [3.63, 3.8) is 0 Å². The number of hydrogen-bond donors (Lipinski definition) is 1. The highest BCUT2D eigenvalue weighted by Crippen LogP contribution is 2.27. The molecule has 1 aliphatic rings. The standard InChI is InChI=1S/C16H29N5O2S/c1-13-6-8-20(10-14(13)21-9-7-18-12-21)15(17-4)19-11-16(2,3)24(5,22)23/h7,9,12-14H,6,8,10-11H2,1-5H3,(H,17,19). The van der Waals surface area contributed by atoms with Crippen LogP contribution in [0.1, 0.15) is 33.2 Å². The maximum atomic E-state index is 11.9. The van der Waals surface area contributed by atoms with Crippen molar-refractivity contribution in [3.8, 4) is 0 Å². The van der Waals surface area contributed by atoms with E-state index >= 15 is 0 Å². The molecule has 0 bridgehead atoms. The van der Waals surface area contributed by atoms with E-state index in [4.69, 9.17) is 0 Å². The summed E-state index contributed by atoms with van der Waals surface area (Å²) < 4.78 is 25.1. The molecule has 0 aliphatic carbocycles. The fourth-order valence-corrected chi connectivity index (χ4v) is 3.18. The highest BCUT2D eigenvalue weighted by Gasteiger charge is 2.32. The molecule has 24 heavy (non-hydrogen) atoms. The molecule has 0 radical (unpaired) electrons. The van der Waals surface area contributed by atoms with Crippen LogP contribution in [0.5, 0.6) is 0 Å². The number of hydrogen-bond acceptors (Lipinski definition) is 4. The third kappa shape index (κ3) is 4.09. The number of likely N-dealkylation sites (tertiary alicyclic amines) is 1. The summed E-state index contributed by atoms with van der Waals surface area (Å²) in [6.45, 7) is 7.79. The molecular weight excluding hydrogens is 326 g/mol. The summed E-state index contributed by atoms with van der Waals surface area (Å²) in [4.78, 5) is 10.7. The molecule has 1 fully saturated rings. The Morgan fingerprint density at radius 3 is 2.71 bits per heavy atom. The number of imidazole rings is 1. The van der Waals surface area contributed by atoms with Gasteiger partial charge in [-0.25, -0.2) is 13.4 Å². The SMILES string of the molecule is CN=C(NCC(C)(C)S(C)(=O)=O)N1CCC(C)C(n2ccnc2)C1. The summed E-state index contributed by atoms with van der Waals surface area (Å²) in [5, 5.41) is 3.24. The molecule has 2 heterocycles. The lowest BCUT2D eigenvalue weighted by atomic mass is 9.93. The predicted octanol–water partition coefficient (Wildman–Crippen LogP) is 1.16. The molecule has 1 aliphatic heterocycles. The van der Waals surface area contributed by atoms with E-state index in [-0.39, 0.29) is 0 Å². The first-order valence-electron chi connectivity index (χ1n) is 8.28. The number of aliphatic imine (C=N–C) groups is 1. The van der Waals surface area contributed by atoms with Crippen LogP contribution in [-0.2, 0) is 9.84 Å². The molecule has 1 saturated heterocycles. The van der Waals surface area contributed by atoms with Gasteiger partial charge in [0.1, 0.15) is 0 Å². The maximum Gasteiger partial charge on any atom is 0.193 e. The van der Waals surface area contributed by atoms with E-state index in [9.17, 15) is 8.42 Å². The van der Waals surface area contributed by atoms with Crippen LogP contribution < -0.4 is 5.32 Å². The Balaban J connectivity index is 2.06. The van der Waals surface area contributed by atoms with Crippen LogP contribution in [0.3, 0.4) is 0 Å². The van der Waals surface area contributed by atoms with Crippen molar-refractivity contribution >= 4 is 15.8 Å². The van der Waals surface area contributed by atoms with Crippen LogP contribution in [0.25, 0.3) is 0 Å². The van der Waals surface area contributed by atoms with Gasteiger partial charge >= 0.3 is 0 Å². The Kier molecular flexibility index (Phi) is 5.57. The summed E-state index contributed by atoms with van der Waals surface area (Å²) in [7, 11) is -1.40. The molecule has 2 unspecified atom stereocenters. The Morgan fingerprint density at radius 1 is 1.46 bits per heavy atom. The molecule has 1 aromatic rings. The van der Waals surface area contributed by atoms with Gasteiger partial charge < -0.3 is 14.8 Å². The monoisotopic (exact) mass is 355 g/mol. The smallest absolute Gasteiger partial charge is 0.193 e. The number of nitrogens with one attached hydrogen (secondary N) is 1. The van der Waals surface area contributed by atoms with Gasteiger partial charge in [-0.15, -0.1) is 0 Å². The summed E-state index contributed by atoms with van der Waals surface area (Å²) >= 11 is 0. The van der Waals surface area contributed by atoms with Gasteiger partial charge in [-0.2, -0.15) is 0 Å². The highest BCUT2D eigenvalue weighted by atomic mass is 32.2. The average molecular weight is 356 g/mol. The van der Waals surface area contributed by atoms with Gasteiger partial charge in [0, 0.05) is 45.3 Å². The molecule has 1 N–H and O–H groups in total. The van der Waals surface area contributed by atoms with Crippen LogP contribution in [0, 0.1) is 5.92 Å². The van der Waals surface area contributed by atoms with Crippen LogP contribution >= 0.6 is 0 Å². The predicted molar refractivity (Wildman–Crippen MR) is 96.9 cm³/mol. The number of rotatable bonds is 4. The lowest BCUT2D eigenvalue weighted by Crippen LogP contribution is -2.52. The lowest BCUT2D eigenvalue weighted by molar-refractivity contribution is 0.189. The quantitative estimate of drug-likeness (QED) is 0.648. The minimum absolute atomic E-state index is 0.334. The van der Waals surface area contributed by atoms with Gasteiger partial charge in [-0.3, -0.25) is 4.99 Å². The van der Waals surface area contributed by atoms with Crippen LogP contribution in [0.2, 0.25) is 0 Å². The zero-order chi connectivity index (χ0) is 18.0. The third-order valence-electron chi connectivity index (χ3n) is 5.01.